The molecule has 1 amide bonds. The minimum absolute atomic E-state index is 0.0496. The fraction of sp³-hybridized carbons (Fsp3) is 0.700. The first-order valence-electron chi connectivity index (χ1n) is 9.87. The van der Waals surface area contributed by atoms with E-state index in [1.54, 1.807) is 48.5 Å². The SMILES string of the molecule is CC(C)(C)OC(=O)[N+]1(C)C[C@](C)(NS(=O)C(C)(C)C)c2cc(C(O)C(F)(F)F)nc(Cl)c21. The Morgan fingerprint density at radius 1 is 1.31 bits per heavy atom. The summed E-state index contributed by atoms with van der Waals surface area (Å²) in [4.78, 5) is 16.9. The normalized spacial score (nSPS) is 25.9. The van der Waals surface area contributed by atoms with Crippen molar-refractivity contribution in [2.75, 3.05) is 13.6 Å². The van der Waals surface area contributed by atoms with Crippen molar-refractivity contribution in [2.24, 2.45) is 0 Å². The van der Waals surface area contributed by atoms with Crippen LogP contribution in [-0.2, 0) is 21.3 Å². The minimum atomic E-state index is -4.97. The van der Waals surface area contributed by atoms with Crippen LogP contribution in [0.15, 0.2) is 6.07 Å². The quantitative estimate of drug-likeness (QED) is 0.472. The van der Waals surface area contributed by atoms with Gasteiger partial charge >= 0.3 is 12.3 Å². The second-order valence-electron chi connectivity index (χ2n) is 10.3. The molecule has 0 fully saturated rings. The number of hydrogen-bond donors (Lipinski definition) is 2. The van der Waals surface area contributed by atoms with Crippen molar-refractivity contribution in [3.8, 4) is 0 Å². The van der Waals surface area contributed by atoms with E-state index in [1.165, 1.54) is 7.05 Å². The second kappa shape index (κ2) is 8.19. The summed E-state index contributed by atoms with van der Waals surface area (Å²) in [5.74, 6) is 0. The lowest BCUT2D eigenvalue weighted by molar-refractivity contribution is -0.208. The van der Waals surface area contributed by atoms with E-state index < -0.39 is 55.4 Å². The van der Waals surface area contributed by atoms with Gasteiger partial charge in [-0.2, -0.15) is 22.4 Å². The third-order valence-corrected chi connectivity index (χ3v) is 6.96. The van der Waals surface area contributed by atoms with Crippen molar-refractivity contribution in [3.05, 3.63) is 22.5 Å². The third-order valence-electron chi connectivity index (χ3n) is 4.95. The van der Waals surface area contributed by atoms with Crippen molar-refractivity contribution < 1.29 is 32.0 Å². The van der Waals surface area contributed by atoms with E-state index in [4.69, 9.17) is 16.3 Å². The highest BCUT2D eigenvalue weighted by molar-refractivity contribution is 7.84. The van der Waals surface area contributed by atoms with Crippen LogP contribution in [0.5, 0.6) is 0 Å². The van der Waals surface area contributed by atoms with Crippen molar-refractivity contribution in [1.29, 1.82) is 0 Å². The Labute approximate surface area is 193 Å². The van der Waals surface area contributed by atoms with Crippen LogP contribution in [0, 0.1) is 0 Å². The van der Waals surface area contributed by atoms with E-state index in [2.05, 4.69) is 9.71 Å². The van der Waals surface area contributed by atoms with Gasteiger partial charge in [-0.15, -0.1) is 0 Å². The molecule has 0 saturated heterocycles. The third kappa shape index (κ3) is 5.27. The van der Waals surface area contributed by atoms with Gasteiger partial charge in [-0.25, -0.2) is 13.9 Å². The smallest absolute Gasteiger partial charge is 0.414 e. The average Bonchev–Trinajstić information content (AvgIpc) is 2.79. The first-order valence-corrected chi connectivity index (χ1v) is 11.4. The number of halogens is 4. The van der Waals surface area contributed by atoms with Crippen LogP contribution < -0.4 is 9.21 Å². The van der Waals surface area contributed by atoms with E-state index in [9.17, 15) is 27.3 Å². The van der Waals surface area contributed by atoms with E-state index in [0.717, 1.165) is 6.07 Å². The number of aliphatic hydroxyl groups is 1. The molecule has 3 unspecified atom stereocenters. The van der Waals surface area contributed by atoms with Gasteiger partial charge in [0, 0.05) is 5.56 Å². The summed E-state index contributed by atoms with van der Waals surface area (Å²) >= 11 is 6.31. The lowest BCUT2D eigenvalue weighted by Crippen LogP contribution is -2.57. The molecule has 2 rings (SSSR count). The van der Waals surface area contributed by atoms with Crippen LogP contribution in [0.3, 0.4) is 0 Å². The van der Waals surface area contributed by atoms with E-state index in [1.807, 2.05) is 0 Å². The number of alkyl halides is 3. The Bertz CT molecular complexity index is 946. The molecule has 12 heteroatoms. The number of quaternary nitrogens is 1. The maximum absolute atomic E-state index is 13.2. The topological polar surface area (TPSA) is 88.5 Å². The lowest BCUT2D eigenvalue weighted by atomic mass is 9.95. The van der Waals surface area contributed by atoms with Crippen LogP contribution in [-0.4, -0.2) is 50.5 Å². The number of carbonyl (C=O) groups is 1. The molecule has 32 heavy (non-hydrogen) atoms. The zero-order valence-electron chi connectivity index (χ0n) is 19.3. The zero-order valence-corrected chi connectivity index (χ0v) is 20.9. The van der Waals surface area contributed by atoms with Gasteiger partial charge < -0.3 is 9.84 Å². The van der Waals surface area contributed by atoms with Gasteiger partial charge in [0.15, 0.2) is 16.9 Å². The number of ether oxygens (including phenoxy) is 1. The molecule has 2 N–H and O–H groups in total. The van der Waals surface area contributed by atoms with Gasteiger partial charge in [0.25, 0.3) is 0 Å². The number of amides is 1. The maximum Gasteiger partial charge on any atom is 0.521 e. The van der Waals surface area contributed by atoms with Crippen LogP contribution in [0.1, 0.15) is 65.8 Å². The molecule has 1 aromatic rings. The Hall–Kier alpha value is -1.27. The summed E-state index contributed by atoms with van der Waals surface area (Å²) in [7, 11) is -0.133. The van der Waals surface area contributed by atoms with E-state index in [0.29, 0.717) is 0 Å². The van der Waals surface area contributed by atoms with Crippen LogP contribution in [0.25, 0.3) is 0 Å². The summed E-state index contributed by atoms with van der Waals surface area (Å²) in [6.07, 6.45) is -8.54. The summed E-state index contributed by atoms with van der Waals surface area (Å²) in [5, 5.41) is 9.39. The first-order chi connectivity index (χ1) is 14.1. The molecule has 0 saturated carbocycles. The zero-order chi connectivity index (χ0) is 25.1. The lowest BCUT2D eigenvalue weighted by Gasteiger charge is -2.32. The molecule has 1 aromatic heterocycles. The van der Waals surface area contributed by atoms with Crippen molar-refractivity contribution >= 4 is 34.4 Å². The monoisotopic (exact) mass is 500 g/mol. The number of aromatic nitrogens is 1. The molecule has 0 spiro atoms. The molecule has 1 aliphatic heterocycles. The van der Waals surface area contributed by atoms with Gasteiger partial charge in [-0.3, -0.25) is 0 Å². The number of aliphatic hydroxyl groups excluding tert-OH is 1. The number of hydrogen-bond acceptors (Lipinski definition) is 5. The molecule has 7 nitrogen and oxygen atoms in total. The molecule has 0 aromatic carbocycles. The summed E-state index contributed by atoms with van der Waals surface area (Å²) in [5.41, 5.74) is -2.49. The Kier molecular flexibility index (Phi) is 6.91. The highest BCUT2D eigenvalue weighted by Gasteiger charge is 2.58. The molecular weight excluding hydrogens is 471 g/mol. The Balaban J connectivity index is 2.73. The minimum Gasteiger partial charge on any atom is -0.414 e. The molecule has 4 atom stereocenters. The first kappa shape index (κ1) is 27.0. The van der Waals surface area contributed by atoms with Crippen LogP contribution in [0.4, 0.5) is 23.7 Å². The molecule has 0 bridgehead atoms. The summed E-state index contributed by atoms with van der Waals surface area (Å²) < 4.78 is 59.7. The van der Waals surface area contributed by atoms with Gasteiger partial charge in [0.1, 0.15) is 17.7 Å². The van der Waals surface area contributed by atoms with E-state index in [-0.39, 0.29) is 22.9 Å². The van der Waals surface area contributed by atoms with Crippen molar-refractivity contribution in [1.82, 2.24) is 14.2 Å². The molecule has 2 heterocycles. The van der Waals surface area contributed by atoms with Gasteiger partial charge in [0.05, 0.1) is 28.5 Å². The molecular formula is C20H30ClF3N3O4S+. The predicted molar refractivity (Wildman–Crippen MR) is 117 cm³/mol. The van der Waals surface area contributed by atoms with Crippen molar-refractivity contribution in [3.63, 3.8) is 0 Å². The fourth-order valence-corrected chi connectivity index (χ4v) is 4.76. The number of carbonyl (C=O) groups excluding carboxylic acids is 1. The Morgan fingerprint density at radius 3 is 2.28 bits per heavy atom. The fourth-order valence-electron chi connectivity index (χ4n) is 3.48. The Morgan fingerprint density at radius 2 is 1.84 bits per heavy atom. The van der Waals surface area contributed by atoms with E-state index >= 15 is 0 Å². The number of fused-ring (bicyclic) bond motifs is 1. The van der Waals surface area contributed by atoms with Crippen LogP contribution in [0.2, 0.25) is 5.15 Å². The second-order valence-corrected chi connectivity index (χ2v) is 12.6. The number of nitrogens with zero attached hydrogens (tertiary/aromatic N) is 2. The standard InChI is InChI=1S/C20H30ClF3N3O4S/c1-17(2,3)31-16(29)27(8)10-19(7,26-32(30)18(4,5)6)11-9-12(14(28)20(22,23)24)25-15(21)13(11)27/h9,14,26,28H,10H2,1-8H3/q+1/t14?,19-,27?,32?/m0/s1. The molecule has 0 aliphatic carbocycles. The highest BCUT2D eigenvalue weighted by Crippen LogP contribution is 2.49. The predicted octanol–water partition coefficient (Wildman–Crippen LogP) is 4.48. The molecule has 0 radical (unpaired) electrons. The number of likely N-dealkylation sites (N-methyl/N-ethyl adjacent to an activating group) is 1. The number of nitrogens with one attached hydrogen (secondary N) is 1. The number of rotatable bonds is 3. The molecule has 182 valence electrons. The van der Waals surface area contributed by atoms with Crippen molar-refractivity contribution in [2.45, 2.75) is 76.6 Å². The molecule has 1 aliphatic rings. The van der Waals surface area contributed by atoms with Gasteiger partial charge in [0.2, 0.25) is 0 Å². The largest absolute Gasteiger partial charge is 0.521 e. The maximum atomic E-state index is 13.2. The van der Waals surface area contributed by atoms with Gasteiger partial charge in [-0.05, 0) is 54.5 Å². The number of pyridine rings is 1. The average molecular weight is 501 g/mol. The van der Waals surface area contributed by atoms with Crippen LogP contribution >= 0.6 is 11.6 Å². The summed E-state index contributed by atoms with van der Waals surface area (Å²) in [6.45, 7) is 11.8. The highest BCUT2D eigenvalue weighted by atomic mass is 35.5. The summed E-state index contributed by atoms with van der Waals surface area (Å²) in [6, 6.07) is 1.06. The van der Waals surface area contributed by atoms with Gasteiger partial charge in [-0.1, -0.05) is 11.6 Å².